The molecule has 0 unspecified atom stereocenters. The number of aliphatic carboxylic acids is 1. The van der Waals surface area contributed by atoms with Crippen LogP contribution in [0.3, 0.4) is 0 Å². The number of allylic oxidation sites excluding steroid dienone is 1. The van der Waals surface area contributed by atoms with Gasteiger partial charge in [0.15, 0.2) is 12.6 Å². The molecule has 2 aromatic rings. The molecule has 1 aromatic carbocycles. The van der Waals surface area contributed by atoms with E-state index in [4.69, 9.17) is 19.3 Å². The number of hydrogen-bond acceptors (Lipinski definition) is 7. The van der Waals surface area contributed by atoms with Crippen molar-refractivity contribution < 1.29 is 38.8 Å². The zero-order valence-electron chi connectivity index (χ0n) is 15.9. The lowest BCUT2D eigenvalue weighted by atomic mass is 10.1. The van der Waals surface area contributed by atoms with E-state index < -0.39 is 29.2 Å². The summed E-state index contributed by atoms with van der Waals surface area (Å²) in [6, 6.07) is 4.65. The van der Waals surface area contributed by atoms with E-state index in [1.54, 1.807) is 32.9 Å². The predicted molar refractivity (Wildman–Crippen MR) is 98.8 cm³/mol. The van der Waals surface area contributed by atoms with Crippen molar-refractivity contribution in [3.63, 3.8) is 0 Å². The first-order valence-corrected chi connectivity index (χ1v) is 8.22. The molecule has 0 saturated heterocycles. The van der Waals surface area contributed by atoms with Gasteiger partial charge in [0, 0.05) is 30.3 Å². The molecule has 1 heterocycles. The molecule has 0 radical (unpaired) electrons. The molecule has 0 spiro atoms. The second-order valence-corrected chi connectivity index (χ2v) is 6.82. The van der Waals surface area contributed by atoms with E-state index >= 15 is 0 Å². The number of aliphatic hydroxyl groups excluding tert-OH is 1. The summed E-state index contributed by atoms with van der Waals surface area (Å²) in [6.45, 7) is 5.08. The van der Waals surface area contributed by atoms with Gasteiger partial charge in [-0.25, -0.2) is 9.59 Å². The summed E-state index contributed by atoms with van der Waals surface area (Å²) >= 11 is 0. The maximum Gasteiger partial charge on any atom is 0.419 e. The second-order valence-electron chi connectivity index (χ2n) is 6.82. The van der Waals surface area contributed by atoms with Gasteiger partial charge in [0.25, 0.3) is 0 Å². The highest BCUT2D eigenvalue weighted by Gasteiger charge is 2.23. The zero-order chi connectivity index (χ0) is 21.1. The smallest absolute Gasteiger partial charge is 0.419 e. The van der Waals surface area contributed by atoms with Crippen LogP contribution in [0.2, 0.25) is 0 Å². The number of ether oxygens (including phenoxy) is 3. The van der Waals surface area contributed by atoms with Crippen molar-refractivity contribution in [2.75, 3.05) is 13.9 Å². The molecule has 0 aliphatic rings. The number of rotatable bonds is 6. The van der Waals surface area contributed by atoms with Crippen LogP contribution in [0.1, 0.15) is 31.1 Å². The molecule has 1 aromatic heterocycles. The quantitative estimate of drug-likeness (QED) is 0.333. The molecule has 0 saturated carbocycles. The van der Waals surface area contributed by atoms with E-state index in [1.165, 1.54) is 19.4 Å². The third-order valence-corrected chi connectivity index (χ3v) is 3.46. The van der Waals surface area contributed by atoms with Crippen molar-refractivity contribution in [2.24, 2.45) is 0 Å². The third kappa shape index (κ3) is 4.89. The van der Waals surface area contributed by atoms with Crippen LogP contribution in [0.25, 0.3) is 10.9 Å². The maximum atomic E-state index is 12.5. The number of carbonyl (C=O) groups excluding carboxylic acids is 2. The van der Waals surface area contributed by atoms with E-state index in [0.717, 1.165) is 4.57 Å². The predicted octanol–water partition coefficient (Wildman–Crippen LogP) is 3.12. The van der Waals surface area contributed by atoms with Crippen LogP contribution < -0.4 is 4.74 Å². The summed E-state index contributed by atoms with van der Waals surface area (Å²) in [5.74, 6) is -3.18. The van der Waals surface area contributed by atoms with Crippen molar-refractivity contribution in [3.8, 4) is 5.75 Å². The lowest BCUT2D eigenvalue weighted by Gasteiger charge is -2.19. The van der Waals surface area contributed by atoms with E-state index in [0.29, 0.717) is 22.7 Å². The minimum absolute atomic E-state index is 0.00322. The highest BCUT2D eigenvalue weighted by atomic mass is 16.7. The van der Waals surface area contributed by atoms with Crippen molar-refractivity contribution in [2.45, 2.75) is 26.4 Å². The molecule has 0 bridgehead atoms. The van der Waals surface area contributed by atoms with Crippen LogP contribution in [-0.4, -0.2) is 52.1 Å². The molecular weight excluding hydrogens is 370 g/mol. The van der Waals surface area contributed by atoms with E-state index in [1.807, 2.05) is 0 Å². The van der Waals surface area contributed by atoms with Crippen LogP contribution in [0, 0.1) is 0 Å². The number of ketones is 1. The van der Waals surface area contributed by atoms with Crippen molar-refractivity contribution in [3.05, 3.63) is 41.8 Å². The summed E-state index contributed by atoms with van der Waals surface area (Å²) in [5, 5.41) is 18.5. The summed E-state index contributed by atoms with van der Waals surface area (Å²) in [6.07, 6.45) is 1.08. The van der Waals surface area contributed by atoms with Gasteiger partial charge in [-0.3, -0.25) is 9.36 Å². The first-order valence-electron chi connectivity index (χ1n) is 8.22. The highest BCUT2D eigenvalue weighted by Crippen LogP contribution is 2.28. The van der Waals surface area contributed by atoms with E-state index in [2.05, 4.69) is 0 Å². The summed E-state index contributed by atoms with van der Waals surface area (Å²) in [5.41, 5.74) is -0.414. The Hall–Kier alpha value is -3.33. The van der Waals surface area contributed by atoms with E-state index in [-0.39, 0.29) is 12.4 Å². The van der Waals surface area contributed by atoms with Crippen LogP contribution in [0.15, 0.2) is 36.2 Å². The van der Waals surface area contributed by atoms with Crippen LogP contribution in [0.4, 0.5) is 4.79 Å². The van der Waals surface area contributed by atoms with Gasteiger partial charge >= 0.3 is 12.1 Å². The molecule has 0 aliphatic carbocycles. The Kier molecular flexibility index (Phi) is 6.09. The molecule has 28 heavy (non-hydrogen) atoms. The minimum atomic E-state index is -1.65. The van der Waals surface area contributed by atoms with Gasteiger partial charge in [0.1, 0.15) is 11.4 Å². The van der Waals surface area contributed by atoms with Gasteiger partial charge in [-0.2, -0.15) is 0 Å². The monoisotopic (exact) mass is 391 g/mol. The first kappa shape index (κ1) is 21.0. The van der Waals surface area contributed by atoms with Crippen LogP contribution >= 0.6 is 0 Å². The number of carboxylic acids is 1. The van der Waals surface area contributed by atoms with Gasteiger partial charge in [-0.15, -0.1) is 0 Å². The molecule has 9 heteroatoms. The number of methoxy groups -OCH3 is 1. The SMILES string of the molecule is COCOc1ccc2c(c1)c(C(=O)/C=C(\O)C(=O)O)cn2C(=O)OC(C)(C)C. The van der Waals surface area contributed by atoms with Gasteiger partial charge in [-0.05, 0) is 39.0 Å². The topological polar surface area (TPSA) is 124 Å². The number of carbonyl (C=O) groups is 3. The van der Waals surface area contributed by atoms with Crippen LogP contribution in [0.5, 0.6) is 5.75 Å². The van der Waals surface area contributed by atoms with Gasteiger partial charge in [-0.1, -0.05) is 0 Å². The molecular formula is C19H21NO8. The standard InChI is InChI=1S/C19H21NO8/c1-19(2,3)28-18(25)20-9-13(15(21)8-16(22)17(23)24)12-7-11(27-10-26-4)5-6-14(12)20/h5-9,22H,10H2,1-4H3,(H,23,24)/b16-8-. The number of nitrogens with zero attached hydrogens (tertiary/aromatic N) is 1. The molecule has 0 fully saturated rings. The zero-order valence-corrected chi connectivity index (χ0v) is 15.9. The number of aromatic nitrogens is 1. The van der Waals surface area contributed by atoms with Gasteiger partial charge in [0.2, 0.25) is 5.76 Å². The van der Waals surface area contributed by atoms with Crippen molar-refractivity contribution in [1.82, 2.24) is 4.57 Å². The molecule has 150 valence electrons. The fourth-order valence-electron chi connectivity index (χ4n) is 2.35. The summed E-state index contributed by atoms with van der Waals surface area (Å²) in [7, 11) is 1.45. The Morgan fingerprint density at radius 2 is 1.86 bits per heavy atom. The first-order chi connectivity index (χ1) is 13.0. The Bertz CT molecular complexity index is 949. The van der Waals surface area contributed by atoms with Crippen molar-refractivity contribution in [1.29, 1.82) is 0 Å². The number of carboxylic acid groups (broad SMARTS) is 1. The lowest BCUT2D eigenvalue weighted by Crippen LogP contribution is -2.26. The third-order valence-electron chi connectivity index (χ3n) is 3.46. The Morgan fingerprint density at radius 3 is 2.43 bits per heavy atom. The average molecular weight is 391 g/mol. The van der Waals surface area contributed by atoms with Gasteiger partial charge in [0.05, 0.1) is 5.52 Å². The van der Waals surface area contributed by atoms with Gasteiger partial charge < -0.3 is 24.4 Å². The average Bonchev–Trinajstić information content (AvgIpc) is 2.97. The number of hydrogen-bond donors (Lipinski definition) is 2. The largest absolute Gasteiger partial charge is 0.502 e. The Balaban J connectivity index is 2.60. The second kappa shape index (κ2) is 8.13. The summed E-state index contributed by atoms with van der Waals surface area (Å²) in [4.78, 5) is 35.8. The Labute approximate surface area is 160 Å². The maximum absolute atomic E-state index is 12.5. The Morgan fingerprint density at radius 1 is 1.18 bits per heavy atom. The normalized spacial score (nSPS) is 12.1. The fraction of sp³-hybridized carbons (Fsp3) is 0.316. The fourth-order valence-corrected chi connectivity index (χ4v) is 2.35. The summed E-state index contributed by atoms with van der Waals surface area (Å²) < 4.78 is 16.7. The minimum Gasteiger partial charge on any atom is -0.502 e. The van der Waals surface area contributed by atoms with Crippen molar-refractivity contribution >= 4 is 28.7 Å². The number of aliphatic hydroxyl groups is 1. The number of benzene rings is 1. The molecule has 2 N–H and O–H groups in total. The lowest BCUT2D eigenvalue weighted by molar-refractivity contribution is -0.135. The number of fused-ring (bicyclic) bond motifs is 1. The molecule has 2 rings (SSSR count). The highest BCUT2D eigenvalue weighted by molar-refractivity contribution is 6.16. The molecule has 9 nitrogen and oxygen atoms in total. The molecule has 0 aliphatic heterocycles. The molecule has 0 amide bonds. The van der Waals surface area contributed by atoms with E-state index in [9.17, 15) is 19.5 Å². The van der Waals surface area contributed by atoms with Crippen LogP contribution in [-0.2, 0) is 14.3 Å². The molecule has 0 atom stereocenters.